The van der Waals surface area contributed by atoms with E-state index in [2.05, 4.69) is 29.8 Å². The van der Waals surface area contributed by atoms with Crippen LogP contribution in [0.15, 0.2) is 0 Å². The van der Waals surface area contributed by atoms with Gasteiger partial charge in [0.15, 0.2) is 0 Å². The Morgan fingerprint density at radius 1 is 1.47 bits per heavy atom. The molecule has 2 nitrogen and oxygen atoms in total. The van der Waals surface area contributed by atoms with Crippen LogP contribution in [0.3, 0.4) is 0 Å². The first-order valence-corrected chi connectivity index (χ1v) is 6.89. The van der Waals surface area contributed by atoms with Gasteiger partial charge in [-0.1, -0.05) is 29.8 Å². The highest BCUT2D eigenvalue weighted by atomic mass is 79.9. The Hall–Kier alpha value is -0.0500. The summed E-state index contributed by atoms with van der Waals surface area (Å²) in [5.41, 5.74) is 0.331. The number of carbonyl (C=O) groups excluding carboxylic acids is 1. The number of rotatable bonds is 1. The molecule has 0 radical (unpaired) electrons. The zero-order valence-electron chi connectivity index (χ0n) is 9.25. The smallest absolute Gasteiger partial charge is 0.306 e. The summed E-state index contributed by atoms with van der Waals surface area (Å²) in [5, 5.41) is 0.815. The lowest BCUT2D eigenvalue weighted by Crippen LogP contribution is -2.40. The molecule has 3 heteroatoms. The lowest BCUT2D eigenvalue weighted by atomic mass is 9.77. The van der Waals surface area contributed by atoms with Crippen LogP contribution in [-0.2, 0) is 9.53 Å². The van der Waals surface area contributed by atoms with Gasteiger partial charge in [-0.3, -0.25) is 4.79 Å². The second-order valence-electron chi connectivity index (χ2n) is 6.05. The Labute approximate surface area is 98.9 Å². The van der Waals surface area contributed by atoms with E-state index in [1.54, 1.807) is 0 Å². The number of hydrogen-bond acceptors (Lipinski definition) is 2. The number of carbonyl (C=O) groups is 1. The number of ether oxygens (including phenoxy) is 1. The quantitative estimate of drug-likeness (QED) is 0.542. The SMILES string of the molecule is CC1(C)[C@@H]2C[C@H]3CC(=O)O[C@@]3(CBr)C[C@@H]21. The molecule has 1 saturated heterocycles. The summed E-state index contributed by atoms with van der Waals surface area (Å²) < 4.78 is 5.61. The topological polar surface area (TPSA) is 26.3 Å². The minimum atomic E-state index is -0.161. The summed E-state index contributed by atoms with van der Waals surface area (Å²) in [5.74, 6) is 2.09. The van der Waals surface area contributed by atoms with Gasteiger partial charge in [0.2, 0.25) is 0 Å². The lowest BCUT2D eigenvalue weighted by molar-refractivity contribution is -0.149. The van der Waals surface area contributed by atoms with Crippen molar-refractivity contribution >= 4 is 21.9 Å². The van der Waals surface area contributed by atoms with Crippen LogP contribution in [0.4, 0.5) is 0 Å². The average molecular weight is 273 g/mol. The molecule has 4 atom stereocenters. The number of esters is 1. The highest BCUT2D eigenvalue weighted by Crippen LogP contribution is 2.69. The predicted molar refractivity (Wildman–Crippen MR) is 60.7 cm³/mol. The molecule has 0 spiro atoms. The van der Waals surface area contributed by atoms with Crippen LogP contribution in [0.5, 0.6) is 0 Å². The van der Waals surface area contributed by atoms with Gasteiger partial charge in [-0.25, -0.2) is 0 Å². The molecule has 0 aromatic heterocycles. The molecule has 2 aliphatic carbocycles. The second kappa shape index (κ2) is 2.79. The number of alkyl halides is 1. The molecular weight excluding hydrogens is 256 g/mol. The van der Waals surface area contributed by atoms with Gasteiger partial charge in [0.05, 0.1) is 6.42 Å². The molecule has 1 heterocycles. The summed E-state index contributed by atoms with van der Waals surface area (Å²) in [6, 6.07) is 0. The third-order valence-corrected chi connectivity index (χ3v) is 6.04. The van der Waals surface area contributed by atoms with Gasteiger partial charge in [-0.05, 0) is 30.1 Å². The van der Waals surface area contributed by atoms with E-state index in [9.17, 15) is 4.79 Å². The third-order valence-electron chi connectivity index (χ3n) is 5.09. The van der Waals surface area contributed by atoms with Crippen LogP contribution in [0.1, 0.15) is 33.1 Å². The van der Waals surface area contributed by atoms with E-state index in [-0.39, 0.29) is 11.6 Å². The number of halogens is 1. The van der Waals surface area contributed by atoms with Crippen LogP contribution < -0.4 is 0 Å². The number of fused-ring (bicyclic) bond motifs is 2. The van der Waals surface area contributed by atoms with Gasteiger partial charge in [0.25, 0.3) is 0 Å². The Kier molecular flexibility index (Phi) is 1.88. The Bertz CT molecular complexity index is 326. The van der Waals surface area contributed by atoms with Crippen molar-refractivity contribution in [1.82, 2.24) is 0 Å². The molecule has 84 valence electrons. The molecule has 0 unspecified atom stereocenters. The van der Waals surface area contributed by atoms with Crippen molar-refractivity contribution in [3.8, 4) is 0 Å². The van der Waals surface area contributed by atoms with Gasteiger partial charge in [0.1, 0.15) is 5.60 Å². The van der Waals surface area contributed by atoms with Crippen molar-refractivity contribution in [3.63, 3.8) is 0 Å². The zero-order valence-corrected chi connectivity index (χ0v) is 10.8. The van der Waals surface area contributed by atoms with Gasteiger partial charge >= 0.3 is 5.97 Å². The fraction of sp³-hybridized carbons (Fsp3) is 0.917. The van der Waals surface area contributed by atoms with Gasteiger partial charge in [-0.2, -0.15) is 0 Å². The van der Waals surface area contributed by atoms with E-state index in [1.165, 1.54) is 6.42 Å². The van der Waals surface area contributed by atoms with E-state index in [0.29, 0.717) is 17.8 Å². The molecule has 1 aliphatic heterocycles. The van der Waals surface area contributed by atoms with E-state index in [4.69, 9.17) is 4.74 Å². The predicted octanol–water partition coefficient (Wildman–Crippen LogP) is 2.75. The Balaban J connectivity index is 1.88. The normalized spacial score (nSPS) is 50.6. The first kappa shape index (κ1) is 10.1. The maximum atomic E-state index is 11.4. The first-order valence-electron chi connectivity index (χ1n) is 5.77. The van der Waals surface area contributed by atoms with Crippen LogP contribution >= 0.6 is 15.9 Å². The second-order valence-corrected chi connectivity index (χ2v) is 6.61. The first-order chi connectivity index (χ1) is 6.99. The monoisotopic (exact) mass is 272 g/mol. The molecule has 0 aromatic rings. The molecule has 0 aromatic carbocycles. The average Bonchev–Trinajstić information content (AvgIpc) is 2.57. The fourth-order valence-corrected chi connectivity index (χ4v) is 4.65. The molecular formula is C12H17BrO2. The molecule has 0 amide bonds. The summed E-state index contributed by atoms with van der Waals surface area (Å²) in [6.45, 7) is 4.71. The van der Waals surface area contributed by atoms with E-state index in [0.717, 1.165) is 23.6 Å². The molecule has 0 bridgehead atoms. The summed E-state index contributed by atoms with van der Waals surface area (Å²) >= 11 is 3.54. The van der Waals surface area contributed by atoms with Crippen molar-refractivity contribution in [2.75, 3.05) is 5.33 Å². The maximum Gasteiger partial charge on any atom is 0.306 e. The van der Waals surface area contributed by atoms with Crippen LogP contribution in [-0.4, -0.2) is 16.9 Å². The van der Waals surface area contributed by atoms with Crippen LogP contribution in [0.25, 0.3) is 0 Å². The van der Waals surface area contributed by atoms with Crippen molar-refractivity contribution in [2.24, 2.45) is 23.2 Å². The van der Waals surface area contributed by atoms with E-state index >= 15 is 0 Å². The van der Waals surface area contributed by atoms with Crippen molar-refractivity contribution in [3.05, 3.63) is 0 Å². The molecule has 3 rings (SSSR count). The molecule has 3 fully saturated rings. The minimum Gasteiger partial charge on any atom is -0.458 e. The zero-order chi connectivity index (χ0) is 10.8. The highest BCUT2D eigenvalue weighted by molar-refractivity contribution is 9.09. The minimum absolute atomic E-state index is 0.0126. The van der Waals surface area contributed by atoms with Gasteiger partial charge in [-0.15, -0.1) is 0 Å². The number of hydrogen-bond donors (Lipinski definition) is 0. The van der Waals surface area contributed by atoms with Gasteiger partial charge in [0, 0.05) is 11.2 Å². The van der Waals surface area contributed by atoms with Crippen molar-refractivity contribution < 1.29 is 9.53 Å². The van der Waals surface area contributed by atoms with Crippen LogP contribution in [0, 0.1) is 23.2 Å². The molecule has 2 saturated carbocycles. The van der Waals surface area contributed by atoms with E-state index in [1.807, 2.05) is 0 Å². The third kappa shape index (κ3) is 1.19. The van der Waals surface area contributed by atoms with Gasteiger partial charge < -0.3 is 4.74 Å². The largest absolute Gasteiger partial charge is 0.458 e. The summed E-state index contributed by atoms with van der Waals surface area (Å²) in [4.78, 5) is 11.4. The summed E-state index contributed by atoms with van der Waals surface area (Å²) in [6.07, 6.45) is 2.91. The molecule has 0 N–H and O–H groups in total. The van der Waals surface area contributed by atoms with Crippen LogP contribution in [0.2, 0.25) is 0 Å². The summed E-state index contributed by atoms with van der Waals surface area (Å²) in [7, 11) is 0. The standard InChI is InChI=1S/C12H17BrO2/c1-11(2)8-3-7-4-10(14)15-12(7,6-13)5-9(8)11/h7-9H,3-6H2,1-2H3/t7-,8+,9-,12+/m0/s1. The van der Waals surface area contributed by atoms with Crippen molar-refractivity contribution in [1.29, 1.82) is 0 Å². The molecule has 3 aliphatic rings. The Morgan fingerprint density at radius 3 is 2.87 bits per heavy atom. The molecule has 15 heavy (non-hydrogen) atoms. The fourth-order valence-electron chi connectivity index (χ4n) is 3.85. The van der Waals surface area contributed by atoms with E-state index < -0.39 is 0 Å². The van der Waals surface area contributed by atoms with Crippen molar-refractivity contribution in [2.45, 2.75) is 38.7 Å². The lowest BCUT2D eigenvalue weighted by Gasteiger charge is -2.35. The highest BCUT2D eigenvalue weighted by Gasteiger charge is 2.67. The Morgan fingerprint density at radius 2 is 2.20 bits per heavy atom. The maximum absolute atomic E-state index is 11.4.